The SMILES string of the molecule is COC(=O)c1c(N)ncn(-c2c(Cl)cc([C@@H](F)CF)cc2Cl)c1=O. The highest BCUT2D eigenvalue weighted by Gasteiger charge is 2.22. The highest BCUT2D eigenvalue weighted by molar-refractivity contribution is 6.37. The number of carbonyl (C=O) groups is 1. The number of aromatic nitrogens is 2. The van der Waals surface area contributed by atoms with Crippen molar-refractivity contribution in [1.29, 1.82) is 0 Å². The maximum Gasteiger partial charge on any atom is 0.347 e. The number of hydrogen-bond donors (Lipinski definition) is 1. The van der Waals surface area contributed by atoms with Crippen molar-refractivity contribution in [3.63, 3.8) is 0 Å². The minimum Gasteiger partial charge on any atom is -0.465 e. The fraction of sp³-hybridized carbons (Fsp3) is 0.214. The lowest BCUT2D eigenvalue weighted by Gasteiger charge is -2.14. The van der Waals surface area contributed by atoms with Crippen LogP contribution in [0.15, 0.2) is 23.3 Å². The number of methoxy groups -OCH3 is 1. The van der Waals surface area contributed by atoms with Crippen molar-refractivity contribution >= 4 is 35.0 Å². The van der Waals surface area contributed by atoms with Crippen LogP contribution in [0.1, 0.15) is 22.1 Å². The summed E-state index contributed by atoms with van der Waals surface area (Å²) in [5.41, 5.74) is 4.03. The molecule has 0 amide bonds. The van der Waals surface area contributed by atoms with Gasteiger partial charge in [-0.3, -0.25) is 9.36 Å². The number of nitrogen functional groups attached to an aromatic ring is 1. The van der Waals surface area contributed by atoms with Gasteiger partial charge in [0.1, 0.15) is 18.8 Å². The summed E-state index contributed by atoms with van der Waals surface area (Å²) >= 11 is 12.1. The number of halogens is 4. The quantitative estimate of drug-likeness (QED) is 0.827. The maximum atomic E-state index is 13.5. The summed E-state index contributed by atoms with van der Waals surface area (Å²) in [6.45, 7) is -1.25. The molecule has 0 unspecified atom stereocenters. The molecule has 0 bridgehead atoms. The summed E-state index contributed by atoms with van der Waals surface area (Å²) < 4.78 is 31.3. The topological polar surface area (TPSA) is 87.2 Å². The van der Waals surface area contributed by atoms with Gasteiger partial charge in [-0.2, -0.15) is 0 Å². The molecule has 0 aliphatic rings. The third-order valence-electron chi connectivity index (χ3n) is 3.17. The van der Waals surface area contributed by atoms with E-state index in [1.54, 1.807) is 0 Å². The van der Waals surface area contributed by atoms with E-state index in [2.05, 4.69) is 9.72 Å². The molecule has 2 rings (SSSR count). The van der Waals surface area contributed by atoms with E-state index in [0.717, 1.165) is 30.1 Å². The highest BCUT2D eigenvalue weighted by atomic mass is 35.5. The standard InChI is InChI=1S/C14H11Cl2F2N3O3/c1-24-14(23)10-12(19)20-5-21(13(10)22)11-7(15)2-6(3-8(11)16)9(18)4-17/h2-3,5,9H,4,19H2,1H3/t9-/m0/s1. The monoisotopic (exact) mass is 377 g/mol. The van der Waals surface area contributed by atoms with Gasteiger partial charge in [0.2, 0.25) is 0 Å². The lowest BCUT2D eigenvalue weighted by atomic mass is 10.1. The number of benzene rings is 1. The van der Waals surface area contributed by atoms with E-state index in [4.69, 9.17) is 28.9 Å². The second-order valence-electron chi connectivity index (χ2n) is 4.63. The van der Waals surface area contributed by atoms with Crippen LogP contribution in [0.3, 0.4) is 0 Å². The Bertz CT molecular complexity index is 835. The molecule has 1 atom stereocenters. The number of carbonyl (C=O) groups excluding carboxylic acids is 1. The van der Waals surface area contributed by atoms with Gasteiger partial charge in [-0.1, -0.05) is 23.2 Å². The van der Waals surface area contributed by atoms with Crippen LogP contribution >= 0.6 is 23.2 Å². The molecular formula is C14H11Cl2F2N3O3. The van der Waals surface area contributed by atoms with Crippen molar-refractivity contribution in [2.24, 2.45) is 0 Å². The molecule has 0 aliphatic heterocycles. The van der Waals surface area contributed by atoms with Crippen LogP contribution in [0.4, 0.5) is 14.6 Å². The normalized spacial score (nSPS) is 12.0. The third-order valence-corrected chi connectivity index (χ3v) is 3.74. The molecule has 0 radical (unpaired) electrons. The Balaban J connectivity index is 2.70. The molecule has 128 valence electrons. The molecule has 2 N–H and O–H groups in total. The van der Waals surface area contributed by atoms with Gasteiger partial charge in [0.25, 0.3) is 5.56 Å². The van der Waals surface area contributed by atoms with Crippen molar-refractivity contribution in [2.75, 3.05) is 19.5 Å². The summed E-state index contributed by atoms with van der Waals surface area (Å²) in [5, 5.41) is -0.254. The molecule has 1 aromatic heterocycles. The van der Waals surface area contributed by atoms with Gasteiger partial charge in [0.05, 0.1) is 22.8 Å². The van der Waals surface area contributed by atoms with Gasteiger partial charge < -0.3 is 10.5 Å². The predicted octanol–water partition coefficient (Wildman–Crippen LogP) is 2.89. The van der Waals surface area contributed by atoms with Crippen molar-refractivity contribution in [3.8, 4) is 5.69 Å². The lowest BCUT2D eigenvalue weighted by Crippen LogP contribution is -2.28. The summed E-state index contributed by atoms with van der Waals surface area (Å²) in [4.78, 5) is 27.9. The van der Waals surface area contributed by atoms with E-state index in [9.17, 15) is 18.4 Å². The zero-order chi connectivity index (χ0) is 18.0. The number of anilines is 1. The number of nitrogens with zero attached hydrogens (tertiary/aromatic N) is 2. The Hall–Kier alpha value is -2.19. The van der Waals surface area contributed by atoms with Crippen LogP contribution in [-0.4, -0.2) is 29.3 Å². The fourth-order valence-corrected chi connectivity index (χ4v) is 2.69. The molecule has 1 heterocycles. The summed E-state index contributed by atoms with van der Waals surface area (Å²) in [5.74, 6) is -1.31. The minimum atomic E-state index is -1.90. The zero-order valence-electron chi connectivity index (χ0n) is 12.2. The second kappa shape index (κ2) is 7.14. The van der Waals surface area contributed by atoms with Gasteiger partial charge in [-0.05, 0) is 17.7 Å². The summed E-state index contributed by atoms with van der Waals surface area (Å²) in [6.07, 6.45) is -0.889. The van der Waals surface area contributed by atoms with Crippen LogP contribution in [0.5, 0.6) is 0 Å². The molecule has 0 saturated heterocycles. The molecule has 0 spiro atoms. The Morgan fingerprint density at radius 2 is 2.00 bits per heavy atom. The van der Waals surface area contributed by atoms with Crippen LogP contribution in [-0.2, 0) is 4.74 Å². The molecule has 0 fully saturated rings. The van der Waals surface area contributed by atoms with Crippen molar-refractivity contribution in [2.45, 2.75) is 6.17 Å². The van der Waals surface area contributed by atoms with Crippen LogP contribution < -0.4 is 11.3 Å². The van der Waals surface area contributed by atoms with Crippen molar-refractivity contribution in [3.05, 3.63) is 50.0 Å². The molecule has 10 heteroatoms. The Morgan fingerprint density at radius 3 is 2.50 bits per heavy atom. The first-order valence-corrected chi connectivity index (χ1v) is 7.22. The highest BCUT2D eigenvalue weighted by Crippen LogP contribution is 2.33. The predicted molar refractivity (Wildman–Crippen MR) is 85.4 cm³/mol. The van der Waals surface area contributed by atoms with E-state index in [1.165, 1.54) is 0 Å². The van der Waals surface area contributed by atoms with E-state index in [0.29, 0.717) is 0 Å². The van der Waals surface area contributed by atoms with E-state index >= 15 is 0 Å². The van der Waals surface area contributed by atoms with Gasteiger partial charge in [-0.25, -0.2) is 18.6 Å². The maximum absolute atomic E-state index is 13.5. The first-order valence-electron chi connectivity index (χ1n) is 6.46. The Kier molecular flexibility index (Phi) is 5.40. The Morgan fingerprint density at radius 1 is 1.42 bits per heavy atom. The average molecular weight is 378 g/mol. The summed E-state index contributed by atoms with van der Waals surface area (Å²) in [6, 6.07) is 2.27. The van der Waals surface area contributed by atoms with Crippen LogP contribution in [0.25, 0.3) is 5.69 Å². The molecule has 6 nitrogen and oxygen atoms in total. The second-order valence-corrected chi connectivity index (χ2v) is 5.44. The number of esters is 1. The minimum absolute atomic E-state index is 0.0456. The number of rotatable bonds is 4. The molecule has 1 aromatic carbocycles. The number of nitrogens with two attached hydrogens (primary N) is 1. The fourth-order valence-electron chi connectivity index (χ4n) is 2.01. The van der Waals surface area contributed by atoms with E-state index in [-0.39, 0.29) is 27.1 Å². The van der Waals surface area contributed by atoms with Gasteiger partial charge in [0.15, 0.2) is 11.7 Å². The third kappa shape index (κ3) is 3.20. The molecule has 0 aliphatic carbocycles. The zero-order valence-corrected chi connectivity index (χ0v) is 13.7. The van der Waals surface area contributed by atoms with Crippen molar-refractivity contribution in [1.82, 2.24) is 9.55 Å². The molecule has 0 saturated carbocycles. The van der Waals surface area contributed by atoms with Crippen LogP contribution in [0.2, 0.25) is 10.0 Å². The largest absolute Gasteiger partial charge is 0.465 e. The first kappa shape index (κ1) is 18.2. The smallest absolute Gasteiger partial charge is 0.347 e. The lowest BCUT2D eigenvalue weighted by molar-refractivity contribution is 0.0599. The first-order chi connectivity index (χ1) is 11.3. The van der Waals surface area contributed by atoms with Crippen LogP contribution in [0, 0.1) is 0 Å². The Labute approximate surface area is 144 Å². The summed E-state index contributed by atoms with van der Waals surface area (Å²) in [7, 11) is 1.08. The van der Waals surface area contributed by atoms with Gasteiger partial charge in [-0.15, -0.1) is 0 Å². The van der Waals surface area contributed by atoms with E-state index < -0.39 is 29.9 Å². The van der Waals surface area contributed by atoms with Gasteiger partial charge >= 0.3 is 5.97 Å². The molecule has 24 heavy (non-hydrogen) atoms. The number of hydrogen-bond acceptors (Lipinski definition) is 5. The van der Waals surface area contributed by atoms with E-state index in [1.807, 2.05) is 0 Å². The average Bonchev–Trinajstić information content (AvgIpc) is 2.55. The van der Waals surface area contributed by atoms with Crippen molar-refractivity contribution < 1.29 is 18.3 Å². The number of ether oxygens (including phenoxy) is 1. The molecular weight excluding hydrogens is 367 g/mol. The van der Waals surface area contributed by atoms with Gasteiger partial charge in [0, 0.05) is 0 Å². The number of alkyl halides is 2. The molecule has 2 aromatic rings.